The lowest BCUT2D eigenvalue weighted by atomic mass is 10.2. The summed E-state index contributed by atoms with van der Waals surface area (Å²) in [6.07, 6.45) is 1.41. The molecule has 96 valence electrons. The zero-order valence-electron chi connectivity index (χ0n) is 10.2. The molecular formula is C13H15BrN2O2. The number of anilines is 1. The number of hydrogen-bond donors (Lipinski definition) is 1. The summed E-state index contributed by atoms with van der Waals surface area (Å²) in [5.41, 5.74) is 1.78. The SMILES string of the molecule is Cc1ccc(Br)cc1NC(=O)CN1CCCC1=O. The number of rotatable bonds is 3. The molecule has 0 aromatic heterocycles. The second-order valence-corrected chi connectivity index (χ2v) is 5.34. The number of aryl methyl sites for hydroxylation is 1. The molecule has 1 fully saturated rings. The van der Waals surface area contributed by atoms with Crippen molar-refractivity contribution < 1.29 is 9.59 Å². The van der Waals surface area contributed by atoms with Crippen LogP contribution in [-0.2, 0) is 9.59 Å². The maximum atomic E-state index is 11.9. The van der Waals surface area contributed by atoms with E-state index in [-0.39, 0.29) is 18.4 Å². The van der Waals surface area contributed by atoms with Crippen molar-refractivity contribution in [1.82, 2.24) is 4.90 Å². The van der Waals surface area contributed by atoms with Gasteiger partial charge in [0.25, 0.3) is 0 Å². The summed E-state index contributed by atoms with van der Waals surface area (Å²) in [6, 6.07) is 5.72. The fourth-order valence-corrected chi connectivity index (χ4v) is 2.32. The van der Waals surface area contributed by atoms with Gasteiger partial charge in [-0.2, -0.15) is 0 Å². The number of nitrogens with one attached hydrogen (secondary N) is 1. The molecule has 1 aromatic rings. The summed E-state index contributed by atoms with van der Waals surface area (Å²) in [7, 11) is 0. The van der Waals surface area contributed by atoms with Crippen LogP contribution in [0, 0.1) is 6.92 Å². The van der Waals surface area contributed by atoms with Gasteiger partial charge in [-0.15, -0.1) is 0 Å². The van der Waals surface area contributed by atoms with Crippen LogP contribution < -0.4 is 5.32 Å². The molecule has 1 heterocycles. The first-order valence-electron chi connectivity index (χ1n) is 5.90. The first kappa shape index (κ1) is 13.1. The molecule has 1 aromatic carbocycles. The Morgan fingerprint density at radius 1 is 1.50 bits per heavy atom. The maximum absolute atomic E-state index is 11.9. The summed E-state index contributed by atoms with van der Waals surface area (Å²) < 4.78 is 0.917. The molecule has 1 saturated heterocycles. The smallest absolute Gasteiger partial charge is 0.244 e. The van der Waals surface area contributed by atoms with Crippen LogP contribution in [0.4, 0.5) is 5.69 Å². The molecule has 1 aliphatic rings. The molecule has 0 radical (unpaired) electrons. The van der Waals surface area contributed by atoms with Crippen LogP contribution in [0.25, 0.3) is 0 Å². The maximum Gasteiger partial charge on any atom is 0.244 e. The Balaban J connectivity index is 1.98. The number of halogens is 1. The fraction of sp³-hybridized carbons (Fsp3) is 0.385. The van der Waals surface area contributed by atoms with Crippen molar-refractivity contribution in [2.75, 3.05) is 18.4 Å². The highest BCUT2D eigenvalue weighted by molar-refractivity contribution is 9.10. The number of amides is 2. The fourth-order valence-electron chi connectivity index (χ4n) is 1.96. The summed E-state index contributed by atoms with van der Waals surface area (Å²) in [5, 5.41) is 2.84. The highest BCUT2D eigenvalue weighted by Gasteiger charge is 2.22. The first-order valence-corrected chi connectivity index (χ1v) is 6.69. The average Bonchev–Trinajstić information content (AvgIpc) is 2.70. The van der Waals surface area contributed by atoms with Crippen LogP contribution in [0.5, 0.6) is 0 Å². The third kappa shape index (κ3) is 3.10. The van der Waals surface area contributed by atoms with Gasteiger partial charge >= 0.3 is 0 Å². The van der Waals surface area contributed by atoms with Crippen LogP contribution in [0.15, 0.2) is 22.7 Å². The van der Waals surface area contributed by atoms with E-state index in [1.807, 2.05) is 25.1 Å². The van der Waals surface area contributed by atoms with Gasteiger partial charge in [0.1, 0.15) is 0 Å². The van der Waals surface area contributed by atoms with E-state index >= 15 is 0 Å². The van der Waals surface area contributed by atoms with Crippen molar-refractivity contribution in [3.8, 4) is 0 Å². The van der Waals surface area contributed by atoms with Crippen molar-refractivity contribution in [3.63, 3.8) is 0 Å². The topological polar surface area (TPSA) is 49.4 Å². The first-order chi connectivity index (χ1) is 8.56. The normalized spacial score (nSPS) is 15.0. The highest BCUT2D eigenvalue weighted by atomic mass is 79.9. The minimum atomic E-state index is -0.147. The summed E-state index contributed by atoms with van der Waals surface area (Å²) in [5.74, 6) is -0.0810. The average molecular weight is 311 g/mol. The number of carbonyl (C=O) groups is 2. The molecule has 18 heavy (non-hydrogen) atoms. The number of hydrogen-bond acceptors (Lipinski definition) is 2. The third-order valence-corrected chi connectivity index (χ3v) is 3.47. The monoisotopic (exact) mass is 310 g/mol. The number of likely N-dealkylation sites (tertiary alicyclic amines) is 1. The molecule has 4 nitrogen and oxygen atoms in total. The Labute approximate surface area is 114 Å². The van der Waals surface area contributed by atoms with E-state index in [1.54, 1.807) is 4.90 Å². The second kappa shape index (κ2) is 5.52. The van der Waals surface area contributed by atoms with Crippen LogP contribution in [0.3, 0.4) is 0 Å². The van der Waals surface area contributed by atoms with Gasteiger partial charge in [-0.3, -0.25) is 9.59 Å². The minimum absolute atomic E-state index is 0.0658. The van der Waals surface area contributed by atoms with Crippen LogP contribution >= 0.6 is 15.9 Å². The largest absolute Gasteiger partial charge is 0.333 e. The van der Waals surface area contributed by atoms with Gasteiger partial charge in [0.15, 0.2) is 0 Å². The zero-order valence-corrected chi connectivity index (χ0v) is 11.8. The summed E-state index contributed by atoms with van der Waals surface area (Å²) >= 11 is 3.37. The van der Waals surface area contributed by atoms with E-state index < -0.39 is 0 Å². The predicted octanol–water partition coefficient (Wildman–Crippen LogP) is 2.32. The van der Waals surface area contributed by atoms with Gasteiger partial charge in [0.2, 0.25) is 11.8 Å². The van der Waals surface area contributed by atoms with E-state index in [9.17, 15) is 9.59 Å². The molecular weight excluding hydrogens is 296 g/mol. The van der Waals surface area contributed by atoms with Gasteiger partial charge in [-0.05, 0) is 31.0 Å². The Hall–Kier alpha value is -1.36. The van der Waals surface area contributed by atoms with Crippen molar-refractivity contribution in [2.24, 2.45) is 0 Å². The number of carbonyl (C=O) groups excluding carboxylic acids is 2. The molecule has 1 aliphatic heterocycles. The summed E-state index contributed by atoms with van der Waals surface area (Å²) in [6.45, 7) is 2.76. The lowest BCUT2D eigenvalue weighted by Gasteiger charge is -2.15. The highest BCUT2D eigenvalue weighted by Crippen LogP contribution is 2.20. The molecule has 2 rings (SSSR count). The molecule has 0 saturated carbocycles. The van der Waals surface area contributed by atoms with Gasteiger partial charge in [-0.1, -0.05) is 22.0 Å². The van der Waals surface area contributed by atoms with Gasteiger partial charge in [0.05, 0.1) is 6.54 Å². The molecule has 0 aliphatic carbocycles. The van der Waals surface area contributed by atoms with E-state index in [1.165, 1.54) is 0 Å². The minimum Gasteiger partial charge on any atom is -0.333 e. The van der Waals surface area contributed by atoms with E-state index in [0.717, 1.165) is 22.1 Å². The van der Waals surface area contributed by atoms with Gasteiger partial charge < -0.3 is 10.2 Å². The molecule has 0 unspecified atom stereocenters. The van der Waals surface area contributed by atoms with Crippen molar-refractivity contribution in [1.29, 1.82) is 0 Å². The van der Waals surface area contributed by atoms with Crippen molar-refractivity contribution >= 4 is 33.4 Å². The molecule has 0 bridgehead atoms. The number of benzene rings is 1. The molecule has 0 atom stereocenters. The Morgan fingerprint density at radius 2 is 2.28 bits per heavy atom. The predicted molar refractivity (Wildman–Crippen MR) is 73.3 cm³/mol. The van der Waals surface area contributed by atoms with Gasteiger partial charge in [-0.25, -0.2) is 0 Å². The lowest BCUT2D eigenvalue weighted by Crippen LogP contribution is -2.34. The third-order valence-electron chi connectivity index (χ3n) is 2.98. The summed E-state index contributed by atoms with van der Waals surface area (Å²) in [4.78, 5) is 24.9. The van der Waals surface area contributed by atoms with E-state index in [2.05, 4.69) is 21.2 Å². The Morgan fingerprint density at radius 3 is 2.94 bits per heavy atom. The lowest BCUT2D eigenvalue weighted by molar-refractivity contribution is -0.131. The van der Waals surface area contributed by atoms with Crippen LogP contribution in [0.1, 0.15) is 18.4 Å². The van der Waals surface area contributed by atoms with Crippen molar-refractivity contribution in [3.05, 3.63) is 28.2 Å². The Kier molecular flexibility index (Phi) is 4.01. The van der Waals surface area contributed by atoms with Crippen LogP contribution in [0.2, 0.25) is 0 Å². The van der Waals surface area contributed by atoms with Crippen molar-refractivity contribution in [2.45, 2.75) is 19.8 Å². The standard InChI is InChI=1S/C13H15BrN2O2/c1-9-4-5-10(14)7-11(9)15-12(17)8-16-6-2-3-13(16)18/h4-5,7H,2-3,6,8H2,1H3,(H,15,17). The van der Waals surface area contributed by atoms with E-state index in [4.69, 9.17) is 0 Å². The molecule has 5 heteroatoms. The Bertz CT molecular complexity index is 488. The molecule has 2 amide bonds. The zero-order chi connectivity index (χ0) is 13.1. The molecule has 0 spiro atoms. The number of nitrogens with zero attached hydrogens (tertiary/aromatic N) is 1. The van der Waals surface area contributed by atoms with E-state index in [0.29, 0.717) is 13.0 Å². The second-order valence-electron chi connectivity index (χ2n) is 4.43. The molecule has 1 N–H and O–H groups in total. The van der Waals surface area contributed by atoms with Crippen LogP contribution in [-0.4, -0.2) is 29.8 Å². The van der Waals surface area contributed by atoms with Gasteiger partial charge in [0, 0.05) is 23.1 Å². The quantitative estimate of drug-likeness (QED) is 0.931.